The van der Waals surface area contributed by atoms with E-state index in [2.05, 4.69) is 20.3 Å². The Balaban J connectivity index is 0.00000198. The van der Waals surface area contributed by atoms with Gasteiger partial charge in [-0.05, 0) is 57.3 Å². The van der Waals surface area contributed by atoms with Crippen molar-refractivity contribution in [3.63, 3.8) is 0 Å². The van der Waals surface area contributed by atoms with Crippen molar-refractivity contribution in [1.29, 1.82) is 0 Å². The molecular weight excluding hydrogens is 542 g/mol. The molecule has 3 fully saturated rings. The molecule has 42 heavy (non-hydrogen) atoms. The fraction of sp³-hybridized carbons (Fsp3) is 0.759. The molecular formula is C29H47N7O6. The van der Waals surface area contributed by atoms with E-state index in [4.69, 9.17) is 15.2 Å². The van der Waals surface area contributed by atoms with Gasteiger partial charge >= 0.3 is 6.09 Å². The molecule has 4 heterocycles. The molecule has 1 aliphatic carbocycles. The molecule has 0 radical (unpaired) electrons. The number of aliphatic hydroxyl groups excluding tert-OH is 2. The Morgan fingerprint density at radius 1 is 1.10 bits per heavy atom. The number of anilines is 1. The van der Waals surface area contributed by atoms with E-state index in [0.717, 1.165) is 51.6 Å². The average Bonchev–Trinajstić information content (AvgIpc) is 3.74. The number of aliphatic hydroxyl groups is 2. The Morgan fingerprint density at radius 2 is 1.81 bits per heavy atom. The van der Waals surface area contributed by atoms with Gasteiger partial charge in [0, 0.05) is 26.1 Å². The van der Waals surface area contributed by atoms with Gasteiger partial charge in [-0.1, -0.05) is 26.7 Å². The first-order valence-corrected chi connectivity index (χ1v) is 15.6. The fourth-order valence-electron chi connectivity index (χ4n) is 6.07. The Morgan fingerprint density at radius 3 is 2.50 bits per heavy atom. The molecule has 5 N–H and O–H groups in total. The van der Waals surface area contributed by atoms with E-state index in [9.17, 15) is 19.8 Å². The smallest absolute Gasteiger partial charge is 0.409 e. The topological polar surface area (TPSA) is 178 Å². The van der Waals surface area contributed by atoms with E-state index in [0.29, 0.717) is 48.4 Å². The summed E-state index contributed by atoms with van der Waals surface area (Å²) in [6.07, 6.45) is 5.38. The molecule has 13 heteroatoms. The molecule has 2 aromatic rings. The lowest BCUT2D eigenvalue weighted by atomic mass is 9.91. The second kappa shape index (κ2) is 14.9. The summed E-state index contributed by atoms with van der Waals surface area (Å²) < 4.78 is 12.8. The number of likely N-dealkylation sites (N-methyl/N-ethyl adjacent to an activating group) is 1. The Kier molecular flexibility index (Phi) is 11.3. The highest BCUT2D eigenvalue weighted by atomic mass is 16.6. The van der Waals surface area contributed by atoms with Crippen LogP contribution in [-0.2, 0) is 20.7 Å². The number of fused-ring (bicyclic) bond motifs is 1. The van der Waals surface area contributed by atoms with Gasteiger partial charge in [0.15, 0.2) is 23.8 Å². The number of imidazole rings is 1. The van der Waals surface area contributed by atoms with Crippen LogP contribution in [-0.4, -0.2) is 91.2 Å². The number of aromatic nitrogens is 4. The molecule has 1 unspecified atom stereocenters. The number of rotatable bonds is 9. The van der Waals surface area contributed by atoms with Crippen molar-refractivity contribution in [3.05, 3.63) is 12.2 Å². The van der Waals surface area contributed by atoms with Crippen molar-refractivity contribution in [2.24, 2.45) is 11.8 Å². The van der Waals surface area contributed by atoms with Crippen LogP contribution in [0.4, 0.5) is 10.6 Å². The predicted octanol–water partition coefficient (Wildman–Crippen LogP) is 2.55. The molecule has 2 amide bonds. The molecule has 4 atom stereocenters. The van der Waals surface area contributed by atoms with Crippen LogP contribution in [0.15, 0.2) is 6.33 Å². The summed E-state index contributed by atoms with van der Waals surface area (Å²) in [5, 5.41) is 23.6. The van der Waals surface area contributed by atoms with Gasteiger partial charge in [-0.3, -0.25) is 9.36 Å². The van der Waals surface area contributed by atoms with Crippen molar-refractivity contribution in [3.8, 4) is 0 Å². The molecule has 234 valence electrons. The Labute approximate surface area is 247 Å². The second-order valence-electron chi connectivity index (χ2n) is 11.2. The Bertz CT molecular complexity index is 1180. The molecule has 0 aromatic carbocycles. The number of nitrogen functional groups attached to an aromatic ring is 1. The number of amides is 2. The van der Waals surface area contributed by atoms with Gasteiger partial charge in [0.05, 0.1) is 12.9 Å². The zero-order valence-electron chi connectivity index (χ0n) is 25.1. The molecule has 2 aromatic heterocycles. The number of nitrogens with one attached hydrogen (secondary N) is 1. The summed E-state index contributed by atoms with van der Waals surface area (Å²) in [7, 11) is 0. The largest absolute Gasteiger partial charge is 0.449 e. The fourth-order valence-corrected chi connectivity index (χ4v) is 6.07. The van der Waals surface area contributed by atoms with E-state index < -0.39 is 30.4 Å². The lowest BCUT2D eigenvalue weighted by molar-refractivity contribution is -0.137. The average molecular weight is 590 g/mol. The van der Waals surface area contributed by atoms with Gasteiger partial charge in [-0.15, -0.1) is 0 Å². The van der Waals surface area contributed by atoms with Crippen molar-refractivity contribution in [2.75, 3.05) is 32.0 Å². The maximum atomic E-state index is 12.4. The molecule has 0 bridgehead atoms. The number of aryl methyl sites for hydroxylation is 1. The van der Waals surface area contributed by atoms with Gasteiger partial charge in [0.25, 0.3) is 5.91 Å². The van der Waals surface area contributed by atoms with Gasteiger partial charge in [-0.2, -0.15) is 0 Å². The van der Waals surface area contributed by atoms with Crippen molar-refractivity contribution in [2.45, 2.75) is 103 Å². The summed E-state index contributed by atoms with van der Waals surface area (Å²) in [5.74, 6) is 1.31. The number of nitrogens with two attached hydrogens (primary N) is 1. The first kappa shape index (κ1) is 31.9. The summed E-state index contributed by atoms with van der Waals surface area (Å²) in [4.78, 5) is 39.9. The zero-order chi connectivity index (χ0) is 30.2. The zero-order valence-corrected chi connectivity index (χ0v) is 25.1. The number of carbonyl (C=O) groups is 2. The highest BCUT2D eigenvalue weighted by molar-refractivity contribution is 5.83. The molecule has 5 rings (SSSR count). The minimum atomic E-state index is -1.40. The monoisotopic (exact) mass is 589 g/mol. The third kappa shape index (κ3) is 7.30. The minimum Gasteiger partial charge on any atom is -0.449 e. The van der Waals surface area contributed by atoms with Gasteiger partial charge < -0.3 is 35.6 Å². The number of nitrogens with zero attached hydrogens (tertiary/aromatic N) is 5. The third-order valence-electron chi connectivity index (χ3n) is 8.42. The molecule has 2 saturated heterocycles. The first-order chi connectivity index (χ1) is 20.4. The summed E-state index contributed by atoms with van der Waals surface area (Å²) in [6, 6.07) is 0. The van der Waals surface area contributed by atoms with E-state index >= 15 is 0 Å². The predicted molar refractivity (Wildman–Crippen MR) is 156 cm³/mol. The van der Waals surface area contributed by atoms with E-state index in [1.165, 1.54) is 23.7 Å². The van der Waals surface area contributed by atoms with Crippen LogP contribution >= 0.6 is 0 Å². The number of carbonyl (C=O) groups excluding carboxylic acids is 2. The molecule has 3 aliphatic rings. The molecule has 13 nitrogen and oxygen atoms in total. The van der Waals surface area contributed by atoms with Crippen LogP contribution in [0.25, 0.3) is 11.2 Å². The van der Waals surface area contributed by atoms with Gasteiger partial charge in [0.2, 0.25) is 0 Å². The van der Waals surface area contributed by atoms with Crippen LogP contribution in [0.3, 0.4) is 0 Å². The Hall–Kier alpha value is -3.03. The summed E-state index contributed by atoms with van der Waals surface area (Å²) in [5.41, 5.74) is 6.91. The quantitative estimate of drug-likeness (QED) is 0.340. The number of hydrogen-bond acceptors (Lipinski definition) is 10. The first-order valence-electron chi connectivity index (χ1n) is 15.6. The van der Waals surface area contributed by atoms with Crippen molar-refractivity contribution >= 4 is 29.0 Å². The van der Waals surface area contributed by atoms with E-state index in [1.807, 2.05) is 18.7 Å². The number of ether oxygens (including phenoxy) is 2. The highest BCUT2D eigenvalue weighted by Gasteiger charge is 2.47. The highest BCUT2D eigenvalue weighted by Crippen LogP contribution is 2.33. The summed E-state index contributed by atoms with van der Waals surface area (Å²) in [6.45, 7) is 8.12. The second-order valence-corrected chi connectivity index (χ2v) is 11.2. The van der Waals surface area contributed by atoms with Gasteiger partial charge in [-0.25, -0.2) is 19.7 Å². The normalized spacial score (nSPS) is 24.9. The van der Waals surface area contributed by atoms with Crippen molar-refractivity contribution < 1.29 is 29.3 Å². The lowest BCUT2D eigenvalue weighted by Gasteiger charge is -2.31. The SMILES string of the molecule is CC.CCNC(=O)[C@H]1O[C@@H](n2cnc3c(N)nc(CCCC4CCN(C(=O)OCC5CCCC5)CC4)nc32)[C@@H](O)C1O. The molecule has 0 spiro atoms. The molecule has 2 aliphatic heterocycles. The molecule has 1 saturated carbocycles. The van der Waals surface area contributed by atoms with Crippen LogP contribution in [0.1, 0.15) is 84.2 Å². The van der Waals surface area contributed by atoms with Crippen LogP contribution in [0.5, 0.6) is 0 Å². The van der Waals surface area contributed by atoms with Crippen LogP contribution < -0.4 is 11.1 Å². The van der Waals surface area contributed by atoms with Crippen molar-refractivity contribution in [1.82, 2.24) is 29.7 Å². The number of hydrogen-bond donors (Lipinski definition) is 4. The standard InChI is InChI=1S/C27H41N7O6.C2H6/c1-2-29-25(37)22-20(35)21(36)26(40-22)34-15-30-19-23(28)31-18(32-24(19)34)9-5-8-16-10-12-33(13-11-16)27(38)39-14-17-6-3-4-7-17;1-2/h15-17,20-22,26,35-36H,2-14H2,1H3,(H,29,37)(H2,28,31,32);1-2H3/t20?,21-,22-,26+;/m0./s1. The lowest BCUT2D eigenvalue weighted by Crippen LogP contribution is -2.42. The third-order valence-corrected chi connectivity index (χ3v) is 8.42. The van der Waals surface area contributed by atoms with Crippen LogP contribution in [0.2, 0.25) is 0 Å². The van der Waals surface area contributed by atoms with E-state index in [1.54, 1.807) is 6.92 Å². The van der Waals surface area contributed by atoms with Crippen LogP contribution in [0, 0.1) is 11.8 Å². The maximum Gasteiger partial charge on any atom is 0.409 e. The number of piperidine rings is 1. The summed E-state index contributed by atoms with van der Waals surface area (Å²) >= 11 is 0. The van der Waals surface area contributed by atoms with Gasteiger partial charge in [0.1, 0.15) is 23.5 Å². The van der Waals surface area contributed by atoms with E-state index in [-0.39, 0.29) is 11.9 Å². The maximum absolute atomic E-state index is 12.4. The number of likely N-dealkylation sites (tertiary alicyclic amines) is 1. The minimum absolute atomic E-state index is 0.180.